The van der Waals surface area contributed by atoms with Crippen LogP contribution in [0, 0.1) is 0 Å². The first-order valence-corrected chi connectivity index (χ1v) is 20.8. The second-order valence-corrected chi connectivity index (χ2v) is 15.6. The van der Waals surface area contributed by atoms with Crippen LogP contribution in [-0.4, -0.2) is 19.5 Å². The van der Waals surface area contributed by atoms with Gasteiger partial charge in [0.05, 0.1) is 16.7 Å². The average Bonchev–Trinajstić information content (AvgIpc) is 3.90. The summed E-state index contributed by atoms with van der Waals surface area (Å²) in [6.45, 7) is 0. The molecular weight excluding hydrogens is 757 g/mol. The topological polar surface area (TPSA) is 56.7 Å². The second-order valence-electron chi connectivity index (χ2n) is 15.6. The normalized spacial score (nSPS) is 11.5. The zero-order valence-electron chi connectivity index (χ0n) is 33.5. The van der Waals surface area contributed by atoms with E-state index in [0.29, 0.717) is 17.5 Å². The highest BCUT2D eigenvalue weighted by molar-refractivity contribution is 6.13. The largest absolute Gasteiger partial charge is 0.456 e. The van der Waals surface area contributed by atoms with Crippen LogP contribution < -0.4 is 0 Å². The number of nitrogens with zero attached hydrogens (tertiary/aromatic N) is 4. The summed E-state index contributed by atoms with van der Waals surface area (Å²) in [5.41, 5.74) is 14.4. The number of hydrogen-bond donors (Lipinski definition) is 0. The molecule has 12 aromatic rings. The fourth-order valence-corrected chi connectivity index (χ4v) is 8.97. The highest BCUT2D eigenvalue weighted by Crippen LogP contribution is 2.41. The van der Waals surface area contributed by atoms with Crippen LogP contribution in [0.25, 0.3) is 117 Å². The van der Waals surface area contributed by atoms with Crippen molar-refractivity contribution in [3.8, 4) is 73.2 Å². The molecule has 9 aromatic carbocycles. The quantitative estimate of drug-likeness (QED) is 0.161. The lowest BCUT2D eigenvalue weighted by molar-refractivity contribution is 0.669. The highest BCUT2D eigenvalue weighted by atomic mass is 16.3. The number of furan rings is 1. The summed E-state index contributed by atoms with van der Waals surface area (Å²) in [4.78, 5) is 15.6. The molecule has 0 aliphatic rings. The lowest BCUT2D eigenvalue weighted by Gasteiger charge is -2.17. The van der Waals surface area contributed by atoms with Gasteiger partial charge in [-0.25, -0.2) is 15.0 Å². The zero-order chi connectivity index (χ0) is 41.0. The third kappa shape index (κ3) is 6.06. The summed E-state index contributed by atoms with van der Waals surface area (Å²) >= 11 is 0. The molecule has 0 aliphatic carbocycles. The molecule has 0 unspecified atom stereocenters. The van der Waals surface area contributed by atoms with E-state index in [1.807, 2.05) is 36.4 Å². The molecule has 0 amide bonds. The van der Waals surface area contributed by atoms with Gasteiger partial charge in [0.2, 0.25) is 0 Å². The van der Waals surface area contributed by atoms with Crippen LogP contribution in [0.2, 0.25) is 0 Å². The predicted molar refractivity (Wildman–Crippen MR) is 254 cm³/mol. The average molecular weight is 793 g/mol. The maximum Gasteiger partial charge on any atom is 0.164 e. The van der Waals surface area contributed by atoms with E-state index in [-0.39, 0.29) is 0 Å². The first-order chi connectivity index (χ1) is 30.7. The Morgan fingerprint density at radius 1 is 0.306 bits per heavy atom. The molecular formula is C57H36N4O. The second kappa shape index (κ2) is 14.7. The van der Waals surface area contributed by atoms with Gasteiger partial charge in [-0.05, 0) is 70.3 Å². The van der Waals surface area contributed by atoms with Gasteiger partial charge in [0.1, 0.15) is 11.2 Å². The monoisotopic (exact) mass is 792 g/mol. The molecule has 3 aromatic heterocycles. The minimum absolute atomic E-state index is 0.591. The summed E-state index contributed by atoms with van der Waals surface area (Å²) in [6, 6.07) is 76.4. The molecule has 0 radical (unpaired) electrons. The van der Waals surface area contributed by atoms with Crippen molar-refractivity contribution in [1.82, 2.24) is 19.5 Å². The number of hydrogen-bond acceptors (Lipinski definition) is 4. The first kappa shape index (κ1) is 35.5. The Balaban J connectivity index is 1.07. The van der Waals surface area contributed by atoms with Crippen molar-refractivity contribution >= 4 is 43.7 Å². The van der Waals surface area contributed by atoms with Crippen LogP contribution in [0.5, 0.6) is 0 Å². The maximum atomic E-state index is 6.27. The van der Waals surface area contributed by atoms with Crippen molar-refractivity contribution in [2.45, 2.75) is 0 Å². The molecule has 0 fully saturated rings. The molecule has 0 saturated carbocycles. The Bertz CT molecular complexity index is 3590. The first-order valence-electron chi connectivity index (χ1n) is 20.8. The number of rotatable bonds is 7. The smallest absolute Gasteiger partial charge is 0.164 e. The van der Waals surface area contributed by atoms with Gasteiger partial charge in [0, 0.05) is 43.8 Å². The number of fused-ring (bicyclic) bond motifs is 6. The Kier molecular flexibility index (Phi) is 8.42. The van der Waals surface area contributed by atoms with E-state index in [9.17, 15) is 0 Å². The molecule has 0 bridgehead atoms. The van der Waals surface area contributed by atoms with Crippen LogP contribution in [0.15, 0.2) is 223 Å². The fourth-order valence-electron chi connectivity index (χ4n) is 8.97. The van der Waals surface area contributed by atoms with E-state index >= 15 is 0 Å². The molecule has 290 valence electrons. The van der Waals surface area contributed by atoms with E-state index in [1.165, 1.54) is 16.3 Å². The summed E-state index contributed by atoms with van der Waals surface area (Å²) in [5, 5.41) is 4.58. The summed E-state index contributed by atoms with van der Waals surface area (Å²) in [6.07, 6.45) is 0. The molecule has 0 atom stereocenters. The molecule has 0 spiro atoms. The van der Waals surface area contributed by atoms with E-state index in [2.05, 4.69) is 187 Å². The maximum absolute atomic E-state index is 6.27. The third-order valence-corrected chi connectivity index (χ3v) is 11.9. The van der Waals surface area contributed by atoms with Crippen LogP contribution in [-0.2, 0) is 0 Å². The zero-order valence-corrected chi connectivity index (χ0v) is 33.5. The Morgan fingerprint density at radius 2 is 0.790 bits per heavy atom. The third-order valence-electron chi connectivity index (χ3n) is 11.9. The molecule has 5 nitrogen and oxygen atoms in total. The van der Waals surface area contributed by atoms with Gasteiger partial charge in [0.15, 0.2) is 17.5 Å². The Morgan fingerprint density at radius 3 is 1.50 bits per heavy atom. The Hall–Kier alpha value is -8.41. The lowest BCUT2D eigenvalue weighted by Crippen LogP contribution is -2.02. The molecule has 0 saturated heterocycles. The van der Waals surface area contributed by atoms with Gasteiger partial charge in [-0.2, -0.15) is 0 Å². The van der Waals surface area contributed by atoms with Crippen LogP contribution in [0.4, 0.5) is 0 Å². The van der Waals surface area contributed by atoms with Crippen molar-refractivity contribution in [3.05, 3.63) is 218 Å². The summed E-state index contributed by atoms with van der Waals surface area (Å²) in [7, 11) is 0. The SMILES string of the molecule is c1ccc(-c2cccc(-c3ccc(-c4nc(-c5ccccc5)nc(-c5cccc(-c6cccc7oc8ccccc8c67)c5)n4)cc3-n3c4ccccc4c4ccccc43)c2)cc1. The van der Waals surface area contributed by atoms with Crippen LogP contribution in [0.1, 0.15) is 0 Å². The van der Waals surface area contributed by atoms with E-state index in [0.717, 1.165) is 83.2 Å². The number of aromatic nitrogens is 4. The molecule has 0 N–H and O–H groups in total. The fraction of sp³-hybridized carbons (Fsp3) is 0. The van der Waals surface area contributed by atoms with Crippen molar-refractivity contribution in [2.24, 2.45) is 0 Å². The standard InChI is InChI=1S/C57H36N4O/c1-3-16-37(17-4-1)39-20-13-21-40(34-39)44-33-32-43(36-51(44)61-49-28-10-7-24-46(49)47-25-8-11-29-50(47)61)57-59-55(38-18-5-2-6-19-38)58-56(60-57)42-23-14-22-41(35-42)45-27-15-31-53-54(45)48-26-9-12-30-52(48)62-53/h1-36H. The van der Waals surface area contributed by atoms with Crippen molar-refractivity contribution in [3.63, 3.8) is 0 Å². The van der Waals surface area contributed by atoms with Gasteiger partial charge in [-0.1, -0.05) is 176 Å². The molecule has 12 rings (SSSR count). The molecule has 62 heavy (non-hydrogen) atoms. The summed E-state index contributed by atoms with van der Waals surface area (Å²) in [5.74, 6) is 1.80. The van der Waals surface area contributed by atoms with Gasteiger partial charge in [-0.15, -0.1) is 0 Å². The molecule has 0 aliphatic heterocycles. The van der Waals surface area contributed by atoms with Crippen LogP contribution >= 0.6 is 0 Å². The van der Waals surface area contributed by atoms with Crippen molar-refractivity contribution < 1.29 is 4.42 Å². The summed E-state index contributed by atoms with van der Waals surface area (Å²) < 4.78 is 8.66. The van der Waals surface area contributed by atoms with Crippen molar-refractivity contribution in [1.29, 1.82) is 0 Å². The van der Waals surface area contributed by atoms with Gasteiger partial charge >= 0.3 is 0 Å². The minimum Gasteiger partial charge on any atom is -0.456 e. The molecule has 5 heteroatoms. The van der Waals surface area contributed by atoms with Gasteiger partial charge < -0.3 is 8.98 Å². The Labute approximate surface area is 357 Å². The predicted octanol–water partition coefficient (Wildman–Crippen LogP) is 14.9. The minimum atomic E-state index is 0.591. The van der Waals surface area contributed by atoms with E-state index in [1.54, 1.807) is 0 Å². The lowest BCUT2D eigenvalue weighted by atomic mass is 9.96. The van der Waals surface area contributed by atoms with Gasteiger partial charge in [-0.3, -0.25) is 0 Å². The van der Waals surface area contributed by atoms with Crippen LogP contribution in [0.3, 0.4) is 0 Å². The van der Waals surface area contributed by atoms with Gasteiger partial charge in [0.25, 0.3) is 0 Å². The molecule has 3 heterocycles. The number of benzene rings is 9. The van der Waals surface area contributed by atoms with Crippen molar-refractivity contribution in [2.75, 3.05) is 0 Å². The number of para-hydroxylation sites is 3. The van der Waals surface area contributed by atoms with E-state index in [4.69, 9.17) is 19.4 Å². The van der Waals surface area contributed by atoms with E-state index < -0.39 is 0 Å². The highest BCUT2D eigenvalue weighted by Gasteiger charge is 2.20.